The maximum Gasteiger partial charge on any atom is 0.119 e. The second kappa shape index (κ2) is 8.28. The van der Waals surface area contributed by atoms with Crippen molar-refractivity contribution >= 4 is 23.2 Å². The third-order valence-electron chi connectivity index (χ3n) is 3.23. The van der Waals surface area contributed by atoms with Crippen molar-refractivity contribution in [2.45, 2.75) is 19.4 Å². The van der Waals surface area contributed by atoms with Crippen molar-refractivity contribution < 1.29 is 4.74 Å². The number of benzene rings is 2. The zero-order valence-corrected chi connectivity index (χ0v) is 13.5. The molecule has 0 aliphatic rings. The van der Waals surface area contributed by atoms with Crippen molar-refractivity contribution in [2.75, 3.05) is 13.2 Å². The van der Waals surface area contributed by atoms with E-state index in [1.54, 1.807) is 6.07 Å². The Bertz CT molecular complexity index is 560. The Kier molecular flexibility index (Phi) is 6.37. The van der Waals surface area contributed by atoms with E-state index in [4.69, 9.17) is 27.9 Å². The van der Waals surface area contributed by atoms with Gasteiger partial charge >= 0.3 is 0 Å². The SMILES string of the molecule is CC(NCCCOc1ccccc1)c1cccc(Cl)c1Cl. The fraction of sp³-hybridized carbons (Fsp3) is 0.294. The molecule has 0 aliphatic carbocycles. The van der Waals surface area contributed by atoms with E-state index < -0.39 is 0 Å². The molecule has 0 heterocycles. The van der Waals surface area contributed by atoms with Crippen molar-refractivity contribution in [3.05, 3.63) is 64.1 Å². The van der Waals surface area contributed by atoms with Crippen LogP contribution in [0.25, 0.3) is 0 Å². The summed E-state index contributed by atoms with van der Waals surface area (Å²) in [6, 6.07) is 15.7. The second-order valence-corrected chi connectivity index (χ2v) is 5.62. The van der Waals surface area contributed by atoms with Gasteiger partial charge in [0, 0.05) is 6.04 Å². The summed E-state index contributed by atoms with van der Waals surface area (Å²) in [6.45, 7) is 3.62. The summed E-state index contributed by atoms with van der Waals surface area (Å²) < 4.78 is 5.65. The van der Waals surface area contributed by atoms with Crippen LogP contribution in [-0.2, 0) is 0 Å². The molecule has 1 atom stereocenters. The van der Waals surface area contributed by atoms with Crippen molar-refractivity contribution in [1.29, 1.82) is 0 Å². The molecule has 2 rings (SSSR count). The van der Waals surface area contributed by atoms with Crippen LogP contribution in [0.15, 0.2) is 48.5 Å². The first-order chi connectivity index (χ1) is 10.2. The first-order valence-electron chi connectivity index (χ1n) is 7.03. The summed E-state index contributed by atoms with van der Waals surface area (Å²) in [4.78, 5) is 0. The van der Waals surface area contributed by atoms with Crippen LogP contribution in [0.3, 0.4) is 0 Å². The molecule has 112 valence electrons. The average molecular weight is 324 g/mol. The molecule has 21 heavy (non-hydrogen) atoms. The van der Waals surface area contributed by atoms with Gasteiger partial charge in [-0.15, -0.1) is 0 Å². The largest absolute Gasteiger partial charge is 0.494 e. The first kappa shape index (κ1) is 16.2. The van der Waals surface area contributed by atoms with Crippen LogP contribution in [-0.4, -0.2) is 13.2 Å². The predicted octanol–water partition coefficient (Wildman–Crippen LogP) is 5.11. The van der Waals surface area contributed by atoms with Crippen molar-refractivity contribution in [2.24, 2.45) is 0 Å². The Morgan fingerprint density at radius 1 is 1.05 bits per heavy atom. The van der Waals surface area contributed by atoms with E-state index in [1.165, 1.54) is 0 Å². The van der Waals surface area contributed by atoms with Crippen molar-refractivity contribution in [3.8, 4) is 5.75 Å². The minimum absolute atomic E-state index is 0.160. The lowest BCUT2D eigenvalue weighted by Gasteiger charge is -2.16. The van der Waals surface area contributed by atoms with E-state index in [9.17, 15) is 0 Å². The van der Waals surface area contributed by atoms with Gasteiger partial charge in [0.2, 0.25) is 0 Å². The Hall–Kier alpha value is -1.22. The third kappa shape index (κ3) is 4.92. The van der Waals surface area contributed by atoms with Gasteiger partial charge in [-0.3, -0.25) is 0 Å². The van der Waals surface area contributed by atoms with Gasteiger partial charge in [-0.25, -0.2) is 0 Å². The molecule has 0 saturated carbocycles. The molecule has 0 bridgehead atoms. The lowest BCUT2D eigenvalue weighted by Crippen LogP contribution is -2.21. The lowest BCUT2D eigenvalue weighted by molar-refractivity contribution is 0.305. The average Bonchev–Trinajstić information content (AvgIpc) is 2.50. The summed E-state index contributed by atoms with van der Waals surface area (Å²) in [5.74, 6) is 0.906. The van der Waals surface area contributed by atoms with Gasteiger partial charge in [0.25, 0.3) is 0 Å². The van der Waals surface area contributed by atoms with Crippen molar-refractivity contribution in [1.82, 2.24) is 5.32 Å². The van der Waals surface area contributed by atoms with Crippen LogP contribution in [0.5, 0.6) is 5.75 Å². The van der Waals surface area contributed by atoms with Crippen LogP contribution in [0.1, 0.15) is 24.9 Å². The fourth-order valence-corrected chi connectivity index (χ4v) is 2.53. The van der Waals surface area contributed by atoms with Crippen LogP contribution in [0.4, 0.5) is 0 Å². The number of halogens is 2. The Labute approximate surface area is 136 Å². The molecule has 1 unspecified atom stereocenters. The van der Waals surface area contributed by atoms with E-state index >= 15 is 0 Å². The Balaban J connectivity index is 1.72. The normalized spacial score (nSPS) is 12.1. The molecule has 1 N–H and O–H groups in total. The van der Waals surface area contributed by atoms with Gasteiger partial charge in [-0.2, -0.15) is 0 Å². The van der Waals surface area contributed by atoms with E-state index in [0.717, 1.165) is 24.3 Å². The molecule has 0 radical (unpaired) electrons. The zero-order chi connectivity index (χ0) is 15.1. The third-order valence-corrected chi connectivity index (χ3v) is 4.07. The molecule has 0 saturated heterocycles. The monoisotopic (exact) mass is 323 g/mol. The minimum Gasteiger partial charge on any atom is -0.494 e. The Morgan fingerprint density at radius 3 is 2.57 bits per heavy atom. The van der Waals surface area contributed by atoms with Gasteiger partial charge in [0.15, 0.2) is 0 Å². The molecule has 2 nitrogen and oxygen atoms in total. The molecule has 0 aromatic heterocycles. The molecule has 0 amide bonds. The second-order valence-electron chi connectivity index (χ2n) is 4.83. The standard InChI is InChI=1S/C17H19Cl2NO/c1-13(15-9-5-10-16(18)17(15)19)20-11-6-12-21-14-7-3-2-4-8-14/h2-5,7-10,13,20H,6,11-12H2,1H3. The summed E-state index contributed by atoms with van der Waals surface area (Å²) >= 11 is 12.2. The predicted molar refractivity (Wildman–Crippen MR) is 89.4 cm³/mol. The van der Waals surface area contributed by atoms with Crippen molar-refractivity contribution in [3.63, 3.8) is 0 Å². The van der Waals surface area contributed by atoms with E-state index in [0.29, 0.717) is 16.7 Å². The summed E-state index contributed by atoms with van der Waals surface area (Å²) in [6.07, 6.45) is 0.928. The first-order valence-corrected chi connectivity index (χ1v) is 7.79. The van der Waals surface area contributed by atoms with E-state index in [-0.39, 0.29) is 6.04 Å². The number of rotatable bonds is 7. The van der Waals surface area contributed by atoms with E-state index in [2.05, 4.69) is 12.2 Å². The smallest absolute Gasteiger partial charge is 0.119 e. The van der Waals surface area contributed by atoms with Gasteiger partial charge in [0.05, 0.1) is 16.7 Å². The topological polar surface area (TPSA) is 21.3 Å². The summed E-state index contributed by atoms with van der Waals surface area (Å²) in [5, 5.41) is 4.65. The number of hydrogen-bond donors (Lipinski definition) is 1. The summed E-state index contributed by atoms with van der Waals surface area (Å²) in [7, 11) is 0. The highest BCUT2D eigenvalue weighted by Gasteiger charge is 2.10. The number of para-hydroxylation sites is 1. The maximum atomic E-state index is 6.21. The molecule has 0 spiro atoms. The van der Waals surface area contributed by atoms with Gasteiger partial charge in [-0.05, 0) is 43.7 Å². The van der Waals surface area contributed by atoms with Crippen LogP contribution in [0, 0.1) is 0 Å². The molecule has 2 aromatic carbocycles. The molecular weight excluding hydrogens is 305 g/mol. The van der Waals surface area contributed by atoms with Crippen LogP contribution < -0.4 is 10.1 Å². The Morgan fingerprint density at radius 2 is 1.81 bits per heavy atom. The zero-order valence-electron chi connectivity index (χ0n) is 12.0. The molecule has 2 aromatic rings. The lowest BCUT2D eigenvalue weighted by atomic mass is 10.1. The quantitative estimate of drug-likeness (QED) is 0.714. The highest BCUT2D eigenvalue weighted by molar-refractivity contribution is 6.42. The van der Waals surface area contributed by atoms with Gasteiger partial charge < -0.3 is 10.1 Å². The van der Waals surface area contributed by atoms with Gasteiger partial charge in [0.1, 0.15) is 5.75 Å². The van der Waals surface area contributed by atoms with Crippen LogP contribution in [0.2, 0.25) is 10.0 Å². The molecule has 0 fully saturated rings. The van der Waals surface area contributed by atoms with Gasteiger partial charge in [-0.1, -0.05) is 53.5 Å². The summed E-state index contributed by atoms with van der Waals surface area (Å²) in [5.41, 5.74) is 1.02. The minimum atomic E-state index is 0.160. The number of hydrogen-bond acceptors (Lipinski definition) is 2. The fourth-order valence-electron chi connectivity index (χ4n) is 2.06. The maximum absolute atomic E-state index is 6.21. The highest BCUT2D eigenvalue weighted by Crippen LogP contribution is 2.29. The molecular formula is C17H19Cl2NO. The number of ether oxygens (including phenoxy) is 1. The molecule has 0 aliphatic heterocycles. The van der Waals surface area contributed by atoms with Crippen LogP contribution >= 0.6 is 23.2 Å². The van der Waals surface area contributed by atoms with E-state index in [1.807, 2.05) is 42.5 Å². The highest BCUT2D eigenvalue weighted by atomic mass is 35.5. The molecule has 4 heteroatoms. The number of nitrogens with one attached hydrogen (secondary N) is 1.